The molecule has 29 heavy (non-hydrogen) atoms. The molecule has 0 unspecified atom stereocenters. The van der Waals surface area contributed by atoms with Crippen LogP contribution in [0.5, 0.6) is 0 Å². The van der Waals surface area contributed by atoms with Gasteiger partial charge in [0.15, 0.2) is 5.96 Å². The lowest BCUT2D eigenvalue weighted by Crippen LogP contribution is -2.37. The Balaban J connectivity index is 0.00000300. The first-order valence-corrected chi connectivity index (χ1v) is 9.82. The molecule has 156 valence electrons. The molecule has 0 spiro atoms. The van der Waals surface area contributed by atoms with Gasteiger partial charge in [0.2, 0.25) is 0 Å². The van der Waals surface area contributed by atoms with E-state index in [0.29, 0.717) is 13.1 Å². The van der Waals surface area contributed by atoms with Crippen LogP contribution in [-0.2, 0) is 25.9 Å². The molecule has 0 saturated carbocycles. The van der Waals surface area contributed by atoms with Crippen LogP contribution in [0.3, 0.4) is 0 Å². The number of aliphatic imine (C=N–C) groups is 1. The molecule has 0 amide bonds. The van der Waals surface area contributed by atoms with E-state index in [1.54, 1.807) is 0 Å². The van der Waals surface area contributed by atoms with Gasteiger partial charge in [-0.15, -0.1) is 24.0 Å². The molecule has 0 bridgehead atoms. The molecular weight excluding hydrogens is 479 g/mol. The fourth-order valence-corrected chi connectivity index (χ4v) is 2.99. The predicted octanol–water partition coefficient (Wildman–Crippen LogP) is 3.86. The Morgan fingerprint density at radius 3 is 2.59 bits per heavy atom. The summed E-state index contributed by atoms with van der Waals surface area (Å²) in [6.07, 6.45) is 5.54. The van der Waals surface area contributed by atoms with Crippen molar-refractivity contribution >= 4 is 29.9 Å². The summed E-state index contributed by atoms with van der Waals surface area (Å²) in [5, 5.41) is 15.3. The van der Waals surface area contributed by atoms with Crippen LogP contribution in [-0.4, -0.2) is 27.4 Å². The van der Waals surface area contributed by atoms with E-state index in [9.17, 15) is 0 Å². The molecule has 0 radical (unpaired) electrons. The quantitative estimate of drug-likeness (QED) is 0.275. The molecule has 0 atom stereocenters. The summed E-state index contributed by atoms with van der Waals surface area (Å²) in [7, 11) is 0. The highest BCUT2D eigenvalue weighted by Crippen LogP contribution is 2.15. The predicted molar refractivity (Wildman–Crippen MR) is 126 cm³/mol. The van der Waals surface area contributed by atoms with Gasteiger partial charge in [-0.3, -0.25) is 0 Å². The first-order valence-electron chi connectivity index (χ1n) is 9.82. The van der Waals surface area contributed by atoms with Crippen molar-refractivity contribution in [2.75, 3.05) is 6.54 Å². The minimum Gasteiger partial charge on any atom is -0.361 e. The molecule has 2 aromatic heterocycles. The van der Waals surface area contributed by atoms with Crippen molar-refractivity contribution in [3.63, 3.8) is 0 Å². The standard InChI is InChI=1S/C21H28N6O.HI/c1-4-19-18(20(5-2)28-26-19)14-24-21(22-6-3)23-12-16-13-25-27(15-16)17-10-8-7-9-11-17;/h7-11,13,15H,4-6,12,14H2,1-3H3,(H2,22,23,24);1H. The smallest absolute Gasteiger partial charge is 0.191 e. The van der Waals surface area contributed by atoms with Crippen molar-refractivity contribution in [1.29, 1.82) is 0 Å². The topological polar surface area (TPSA) is 80.3 Å². The van der Waals surface area contributed by atoms with Crippen LogP contribution >= 0.6 is 24.0 Å². The fourth-order valence-electron chi connectivity index (χ4n) is 2.99. The number of halogens is 1. The summed E-state index contributed by atoms with van der Waals surface area (Å²) in [5.41, 5.74) is 4.22. The Kier molecular flexibility index (Phi) is 9.17. The maximum absolute atomic E-state index is 5.44. The van der Waals surface area contributed by atoms with E-state index >= 15 is 0 Å². The summed E-state index contributed by atoms with van der Waals surface area (Å²) in [4.78, 5) is 4.69. The van der Waals surface area contributed by atoms with Crippen molar-refractivity contribution in [2.45, 2.75) is 46.7 Å². The molecule has 2 heterocycles. The van der Waals surface area contributed by atoms with Crippen molar-refractivity contribution in [3.8, 4) is 5.69 Å². The second-order valence-electron chi connectivity index (χ2n) is 6.42. The molecule has 0 aliphatic rings. The summed E-state index contributed by atoms with van der Waals surface area (Å²) in [5.74, 6) is 1.70. The van der Waals surface area contributed by atoms with Gasteiger partial charge in [0, 0.05) is 36.8 Å². The van der Waals surface area contributed by atoms with Crippen LogP contribution in [0.2, 0.25) is 0 Å². The zero-order valence-electron chi connectivity index (χ0n) is 17.2. The number of aromatic nitrogens is 3. The van der Waals surface area contributed by atoms with E-state index in [2.05, 4.69) is 41.7 Å². The van der Waals surface area contributed by atoms with Gasteiger partial charge in [-0.1, -0.05) is 37.2 Å². The largest absolute Gasteiger partial charge is 0.361 e. The highest BCUT2D eigenvalue weighted by Gasteiger charge is 2.13. The van der Waals surface area contributed by atoms with E-state index in [-0.39, 0.29) is 24.0 Å². The van der Waals surface area contributed by atoms with E-state index in [0.717, 1.165) is 53.6 Å². The van der Waals surface area contributed by atoms with Gasteiger partial charge in [-0.25, -0.2) is 9.67 Å². The minimum atomic E-state index is 0. The fraction of sp³-hybridized carbons (Fsp3) is 0.381. The lowest BCUT2D eigenvalue weighted by atomic mass is 10.1. The van der Waals surface area contributed by atoms with Crippen LogP contribution in [0.15, 0.2) is 52.2 Å². The van der Waals surface area contributed by atoms with Crippen molar-refractivity contribution < 1.29 is 4.52 Å². The zero-order chi connectivity index (χ0) is 19.8. The summed E-state index contributed by atoms with van der Waals surface area (Å²) in [6.45, 7) is 8.20. The first kappa shape index (κ1) is 22.9. The lowest BCUT2D eigenvalue weighted by molar-refractivity contribution is 0.380. The maximum atomic E-state index is 5.44. The highest BCUT2D eigenvalue weighted by atomic mass is 127. The number of hydrogen-bond donors (Lipinski definition) is 2. The van der Waals surface area contributed by atoms with E-state index in [1.807, 2.05) is 47.4 Å². The molecule has 0 saturated heterocycles. The average molecular weight is 508 g/mol. The van der Waals surface area contributed by atoms with Gasteiger partial charge >= 0.3 is 0 Å². The molecule has 0 aliphatic carbocycles. The third-order valence-electron chi connectivity index (χ3n) is 4.46. The van der Waals surface area contributed by atoms with Crippen LogP contribution in [0, 0.1) is 0 Å². The Labute approximate surface area is 189 Å². The molecule has 1 aromatic carbocycles. The number of aryl methyl sites for hydroxylation is 2. The summed E-state index contributed by atoms with van der Waals surface area (Å²) >= 11 is 0. The Bertz CT molecular complexity index is 882. The summed E-state index contributed by atoms with van der Waals surface area (Å²) in [6, 6.07) is 10.1. The van der Waals surface area contributed by atoms with Crippen LogP contribution in [0.25, 0.3) is 5.69 Å². The normalized spacial score (nSPS) is 11.2. The number of rotatable bonds is 8. The van der Waals surface area contributed by atoms with Crippen LogP contribution in [0.1, 0.15) is 43.4 Å². The third-order valence-corrected chi connectivity index (χ3v) is 4.46. The van der Waals surface area contributed by atoms with Gasteiger partial charge < -0.3 is 15.2 Å². The van der Waals surface area contributed by atoms with Crippen molar-refractivity contribution in [1.82, 2.24) is 25.6 Å². The van der Waals surface area contributed by atoms with E-state index < -0.39 is 0 Å². The number of hydrogen-bond acceptors (Lipinski definition) is 4. The SMILES string of the molecule is CCNC(=NCc1cnn(-c2ccccc2)c1)NCc1c(CC)noc1CC.I. The van der Waals surface area contributed by atoms with Crippen LogP contribution < -0.4 is 10.6 Å². The molecule has 8 heteroatoms. The number of para-hydroxylation sites is 1. The van der Waals surface area contributed by atoms with E-state index in [4.69, 9.17) is 9.52 Å². The summed E-state index contributed by atoms with van der Waals surface area (Å²) < 4.78 is 7.31. The highest BCUT2D eigenvalue weighted by molar-refractivity contribution is 14.0. The molecule has 2 N–H and O–H groups in total. The molecule has 3 rings (SSSR count). The third kappa shape index (κ3) is 6.06. The second kappa shape index (κ2) is 11.6. The first-order chi connectivity index (χ1) is 13.7. The lowest BCUT2D eigenvalue weighted by Gasteiger charge is -2.11. The van der Waals surface area contributed by atoms with Gasteiger partial charge in [0.25, 0.3) is 0 Å². The van der Waals surface area contributed by atoms with Gasteiger partial charge in [0.1, 0.15) is 5.76 Å². The number of benzene rings is 1. The van der Waals surface area contributed by atoms with Gasteiger partial charge in [-0.2, -0.15) is 5.10 Å². The van der Waals surface area contributed by atoms with Crippen molar-refractivity contribution in [3.05, 3.63) is 65.3 Å². The Morgan fingerprint density at radius 2 is 1.90 bits per heavy atom. The molecule has 7 nitrogen and oxygen atoms in total. The van der Waals surface area contributed by atoms with Crippen LogP contribution in [0.4, 0.5) is 0 Å². The average Bonchev–Trinajstić information content (AvgIpc) is 3.37. The minimum absolute atomic E-state index is 0. The van der Waals surface area contributed by atoms with E-state index in [1.165, 1.54) is 0 Å². The van der Waals surface area contributed by atoms with Crippen molar-refractivity contribution in [2.24, 2.45) is 4.99 Å². The molecule has 0 aliphatic heterocycles. The monoisotopic (exact) mass is 508 g/mol. The number of guanidine groups is 1. The zero-order valence-corrected chi connectivity index (χ0v) is 19.5. The molecular formula is C21H29IN6O. The number of nitrogens with one attached hydrogen (secondary N) is 2. The second-order valence-corrected chi connectivity index (χ2v) is 6.42. The van der Waals surface area contributed by atoms with Gasteiger partial charge in [-0.05, 0) is 25.5 Å². The Hall–Kier alpha value is -2.36. The Morgan fingerprint density at radius 1 is 1.10 bits per heavy atom. The molecule has 3 aromatic rings. The number of nitrogens with zero attached hydrogens (tertiary/aromatic N) is 4. The molecule has 0 fully saturated rings. The van der Waals surface area contributed by atoms with Gasteiger partial charge in [0.05, 0.1) is 24.1 Å². The maximum Gasteiger partial charge on any atom is 0.191 e.